The molecule has 0 aliphatic carbocycles. The molecule has 0 aromatic heterocycles. The van der Waals surface area contributed by atoms with Gasteiger partial charge in [0.1, 0.15) is 0 Å². The molecule has 0 unspecified atom stereocenters. The minimum absolute atomic E-state index is 0.0684. The molecule has 0 aliphatic rings. The van der Waals surface area contributed by atoms with Crippen LogP contribution in [0.1, 0.15) is 27.0 Å². The fourth-order valence-corrected chi connectivity index (χ4v) is 5.20. The van der Waals surface area contributed by atoms with E-state index < -0.39 is 26.0 Å². The average molecular weight is 488 g/mol. The molecular formula is C23H25N3O5S2. The van der Waals surface area contributed by atoms with Gasteiger partial charge in [-0.3, -0.25) is 9.52 Å². The third kappa shape index (κ3) is 5.59. The van der Waals surface area contributed by atoms with Crippen molar-refractivity contribution in [3.8, 4) is 0 Å². The number of benzene rings is 3. The van der Waals surface area contributed by atoms with Crippen LogP contribution in [0.4, 0.5) is 11.4 Å². The smallest absolute Gasteiger partial charge is 0.261 e. The lowest BCUT2D eigenvalue weighted by Crippen LogP contribution is -2.20. The normalized spacial score (nSPS) is 11.8. The van der Waals surface area contributed by atoms with Crippen LogP contribution in [0.5, 0.6) is 0 Å². The van der Waals surface area contributed by atoms with Gasteiger partial charge in [-0.15, -0.1) is 0 Å². The van der Waals surface area contributed by atoms with Gasteiger partial charge in [-0.2, -0.15) is 0 Å². The average Bonchev–Trinajstić information content (AvgIpc) is 2.77. The van der Waals surface area contributed by atoms with E-state index in [1.54, 1.807) is 31.2 Å². The Bertz CT molecular complexity index is 1410. The molecule has 0 fully saturated rings. The van der Waals surface area contributed by atoms with Crippen LogP contribution in [0.25, 0.3) is 0 Å². The lowest BCUT2D eigenvalue weighted by molar-refractivity contribution is 0.102. The number of rotatable bonds is 7. The Balaban J connectivity index is 1.76. The molecule has 3 rings (SSSR count). The Morgan fingerprint density at radius 2 is 1.30 bits per heavy atom. The van der Waals surface area contributed by atoms with Crippen LogP contribution in [0.2, 0.25) is 0 Å². The fourth-order valence-electron chi connectivity index (χ4n) is 3.07. The van der Waals surface area contributed by atoms with Crippen molar-refractivity contribution in [2.75, 3.05) is 17.1 Å². The van der Waals surface area contributed by atoms with Gasteiger partial charge in [0.2, 0.25) is 10.0 Å². The third-order valence-corrected chi connectivity index (χ3v) is 8.13. The molecule has 0 saturated heterocycles. The summed E-state index contributed by atoms with van der Waals surface area (Å²) in [6, 6.07) is 15.4. The highest BCUT2D eigenvalue weighted by atomic mass is 32.2. The summed E-state index contributed by atoms with van der Waals surface area (Å²) in [5, 5.41) is 2.66. The Hall–Kier alpha value is -3.21. The van der Waals surface area contributed by atoms with E-state index in [4.69, 9.17) is 0 Å². The van der Waals surface area contributed by atoms with Crippen molar-refractivity contribution in [3.63, 3.8) is 0 Å². The molecule has 0 radical (unpaired) electrons. The molecule has 0 heterocycles. The van der Waals surface area contributed by atoms with Gasteiger partial charge in [-0.1, -0.05) is 12.1 Å². The molecule has 8 nitrogen and oxygen atoms in total. The van der Waals surface area contributed by atoms with Crippen molar-refractivity contribution in [1.82, 2.24) is 4.72 Å². The number of hydrogen-bond acceptors (Lipinski definition) is 5. The number of amides is 1. The van der Waals surface area contributed by atoms with E-state index in [-0.39, 0.29) is 15.4 Å². The van der Waals surface area contributed by atoms with Crippen molar-refractivity contribution < 1.29 is 21.6 Å². The molecule has 174 valence electrons. The number of hydrogen-bond donors (Lipinski definition) is 3. The summed E-state index contributed by atoms with van der Waals surface area (Å²) in [6.45, 7) is 5.40. The molecule has 0 atom stereocenters. The second-order valence-electron chi connectivity index (χ2n) is 7.57. The number of carbonyl (C=O) groups excluding carboxylic acids is 1. The molecule has 10 heteroatoms. The summed E-state index contributed by atoms with van der Waals surface area (Å²) in [4.78, 5) is 12.8. The van der Waals surface area contributed by atoms with E-state index >= 15 is 0 Å². The maximum atomic E-state index is 12.6. The van der Waals surface area contributed by atoms with E-state index in [9.17, 15) is 21.6 Å². The molecule has 0 saturated carbocycles. The van der Waals surface area contributed by atoms with Gasteiger partial charge < -0.3 is 5.32 Å². The van der Waals surface area contributed by atoms with Crippen LogP contribution < -0.4 is 14.8 Å². The molecule has 3 aromatic rings. The summed E-state index contributed by atoms with van der Waals surface area (Å²) in [6.07, 6.45) is 0. The van der Waals surface area contributed by atoms with Gasteiger partial charge >= 0.3 is 0 Å². The standard InChI is InChI=1S/C23H25N3O5S2/c1-15-6-12-21(13-17(15)3)32(28,29)26-19-10-7-18(8-11-19)23(27)25-20-9-5-16(2)22(14-20)33(30,31)24-4/h5-14,24,26H,1-4H3,(H,25,27). The van der Waals surface area contributed by atoms with Crippen LogP contribution in [0.15, 0.2) is 70.5 Å². The zero-order valence-electron chi connectivity index (χ0n) is 18.6. The molecular weight excluding hydrogens is 462 g/mol. The van der Waals surface area contributed by atoms with Gasteiger partial charge in [0.25, 0.3) is 15.9 Å². The Labute approximate surface area is 194 Å². The lowest BCUT2D eigenvalue weighted by Gasteiger charge is -2.12. The zero-order valence-corrected chi connectivity index (χ0v) is 20.3. The van der Waals surface area contributed by atoms with Gasteiger partial charge in [0, 0.05) is 16.9 Å². The first kappa shape index (κ1) is 24.4. The first-order valence-electron chi connectivity index (χ1n) is 9.98. The fraction of sp³-hybridized carbons (Fsp3) is 0.174. The SMILES string of the molecule is CNS(=O)(=O)c1cc(NC(=O)c2ccc(NS(=O)(=O)c3ccc(C)c(C)c3)cc2)ccc1C. The number of nitrogens with one attached hydrogen (secondary N) is 3. The Kier molecular flexibility index (Phi) is 6.92. The van der Waals surface area contributed by atoms with E-state index in [1.165, 1.54) is 43.4 Å². The molecule has 3 aromatic carbocycles. The zero-order chi connectivity index (χ0) is 24.4. The monoisotopic (exact) mass is 487 g/mol. The molecule has 33 heavy (non-hydrogen) atoms. The summed E-state index contributed by atoms with van der Waals surface area (Å²) < 4.78 is 54.3. The quantitative estimate of drug-likeness (QED) is 0.470. The topological polar surface area (TPSA) is 121 Å². The summed E-state index contributed by atoms with van der Waals surface area (Å²) in [5.74, 6) is -0.463. The highest BCUT2D eigenvalue weighted by molar-refractivity contribution is 7.92. The summed E-state index contributed by atoms with van der Waals surface area (Å²) in [5.41, 5.74) is 3.31. The first-order chi connectivity index (χ1) is 15.4. The van der Waals surface area contributed by atoms with E-state index in [0.717, 1.165) is 11.1 Å². The van der Waals surface area contributed by atoms with Gasteiger partial charge in [0.15, 0.2) is 0 Å². The van der Waals surface area contributed by atoms with Crippen LogP contribution in [-0.2, 0) is 20.0 Å². The first-order valence-corrected chi connectivity index (χ1v) is 13.0. The van der Waals surface area contributed by atoms with Gasteiger partial charge in [-0.25, -0.2) is 21.6 Å². The summed E-state index contributed by atoms with van der Waals surface area (Å²) in [7, 11) is -6.13. The summed E-state index contributed by atoms with van der Waals surface area (Å²) >= 11 is 0. The van der Waals surface area contributed by atoms with Gasteiger partial charge in [-0.05, 0) is 93.0 Å². The van der Waals surface area contributed by atoms with Crippen LogP contribution in [0.3, 0.4) is 0 Å². The second kappa shape index (κ2) is 9.34. The molecule has 0 spiro atoms. The van der Waals surface area contributed by atoms with E-state index in [1.807, 2.05) is 13.8 Å². The van der Waals surface area contributed by atoms with Crippen LogP contribution >= 0.6 is 0 Å². The number of sulfonamides is 2. The van der Waals surface area contributed by atoms with E-state index in [2.05, 4.69) is 14.8 Å². The number of aryl methyl sites for hydroxylation is 3. The predicted octanol–water partition coefficient (Wildman–Crippen LogP) is 3.57. The lowest BCUT2D eigenvalue weighted by atomic mass is 10.1. The van der Waals surface area contributed by atoms with Crippen molar-refractivity contribution in [2.24, 2.45) is 0 Å². The minimum atomic E-state index is -3.77. The Morgan fingerprint density at radius 1 is 0.697 bits per heavy atom. The third-order valence-electron chi connectivity index (χ3n) is 5.19. The maximum absolute atomic E-state index is 12.6. The minimum Gasteiger partial charge on any atom is -0.322 e. The highest BCUT2D eigenvalue weighted by Gasteiger charge is 2.17. The molecule has 0 aliphatic heterocycles. The maximum Gasteiger partial charge on any atom is 0.261 e. The van der Waals surface area contributed by atoms with Gasteiger partial charge in [0.05, 0.1) is 9.79 Å². The second-order valence-corrected chi connectivity index (χ2v) is 11.1. The van der Waals surface area contributed by atoms with Crippen molar-refractivity contribution >= 4 is 37.3 Å². The Morgan fingerprint density at radius 3 is 1.91 bits per heavy atom. The van der Waals surface area contributed by atoms with Crippen molar-refractivity contribution in [2.45, 2.75) is 30.6 Å². The van der Waals surface area contributed by atoms with Crippen LogP contribution in [0, 0.1) is 20.8 Å². The largest absolute Gasteiger partial charge is 0.322 e. The number of carbonyl (C=O) groups is 1. The molecule has 0 bridgehead atoms. The predicted molar refractivity (Wildman–Crippen MR) is 129 cm³/mol. The van der Waals surface area contributed by atoms with Crippen molar-refractivity contribution in [1.29, 1.82) is 0 Å². The highest BCUT2D eigenvalue weighted by Crippen LogP contribution is 2.22. The molecule has 3 N–H and O–H groups in total. The number of anilines is 2. The van der Waals surface area contributed by atoms with Crippen LogP contribution in [-0.4, -0.2) is 29.8 Å². The van der Waals surface area contributed by atoms with E-state index in [0.29, 0.717) is 16.9 Å². The van der Waals surface area contributed by atoms with Crippen molar-refractivity contribution in [3.05, 3.63) is 82.9 Å². The molecule has 1 amide bonds.